The minimum absolute atomic E-state index is 0.197. The lowest BCUT2D eigenvalue weighted by Crippen LogP contribution is -1.95. The molecule has 0 saturated heterocycles. The maximum atomic E-state index is 11.9. The number of carbonyl (C=O) groups is 1. The van der Waals surface area contributed by atoms with Crippen molar-refractivity contribution in [1.29, 1.82) is 5.26 Å². The highest BCUT2D eigenvalue weighted by Crippen LogP contribution is 2.06. The molecule has 2 aromatic carbocycles. The van der Waals surface area contributed by atoms with Crippen LogP contribution in [0.5, 0.6) is 0 Å². The Kier molecular flexibility index (Phi) is 4.32. The van der Waals surface area contributed by atoms with E-state index >= 15 is 0 Å². The Hall–Kier alpha value is -2.84. The molecule has 0 aliphatic carbocycles. The third kappa shape index (κ3) is 3.34. The maximum Gasteiger partial charge on any atom is 0.236 e. The summed E-state index contributed by atoms with van der Waals surface area (Å²) in [5.41, 5.74) is 3.10. The number of nitrogens with zero attached hydrogens (tertiary/aromatic N) is 1. The Bertz CT molecular complexity index is 707. The van der Waals surface area contributed by atoms with E-state index in [-0.39, 0.29) is 5.78 Å². The molecule has 2 nitrogen and oxygen atoms in total. The quantitative estimate of drug-likeness (QED) is 0.613. The summed E-state index contributed by atoms with van der Waals surface area (Å²) in [5.74, 6) is 5.23. The molecule has 2 aromatic rings. The molecule has 0 aliphatic heterocycles. The number of rotatable bonds is 2. The van der Waals surface area contributed by atoms with Crippen LogP contribution in [0.25, 0.3) is 0 Å². The van der Waals surface area contributed by atoms with Crippen LogP contribution in [0.4, 0.5) is 0 Å². The first-order chi connectivity index (χ1) is 9.72. The number of Topliss-reactive ketones (excluding diaryl/α,β-unsaturated/α-hetero) is 1. The molecule has 0 fully saturated rings. The van der Waals surface area contributed by atoms with Gasteiger partial charge in [-0.1, -0.05) is 37.1 Å². The third-order valence-electron chi connectivity index (χ3n) is 2.96. The number of ketones is 1. The highest BCUT2D eigenvalue weighted by atomic mass is 16.1. The van der Waals surface area contributed by atoms with Gasteiger partial charge in [0.2, 0.25) is 5.78 Å². The molecule has 0 N–H and O–H groups in total. The van der Waals surface area contributed by atoms with E-state index in [0.717, 1.165) is 12.0 Å². The molecular weight excluding hydrogens is 246 g/mol. The normalized spacial score (nSPS) is 9.20. The summed E-state index contributed by atoms with van der Waals surface area (Å²) in [7, 11) is 0. The van der Waals surface area contributed by atoms with E-state index in [1.807, 2.05) is 18.2 Å². The number of nitriles is 1. The van der Waals surface area contributed by atoms with E-state index in [1.165, 1.54) is 5.56 Å². The molecule has 0 aliphatic rings. The monoisotopic (exact) mass is 259 g/mol. The fourth-order valence-electron chi connectivity index (χ4n) is 1.72. The van der Waals surface area contributed by atoms with Gasteiger partial charge in [-0.05, 0) is 42.2 Å². The number of aryl methyl sites for hydroxylation is 1. The number of hydrogen-bond donors (Lipinski definition) is 0. The highest BCUT2D eigenvalue weighted by molar-refractivity contribution is 6.09. The molecule has 2 rings (SSSR count). The second-order valence-corrected chi connectivity index (χ2v) is 4.32. The van der Waals surface area contributed by atoms with Gasteiger partial charge in [0.15, 0.2) is 0 Å². The molecule has 20 heavy (non-hydrogen) atoms. The largest absolute Gasteiger partial charge is 0.279 e. The lowest BCUT2D eigenvalue weighted by molar-refractivity contribution is 0.105. The van der Waals surface area contributed by atoms with Crippen LogP contribution in [0.15, 0.2) is 48.5 Å². The first-order valence-electron chi connectivity index (χ1n) is 6.38. The smallest absolute Gasteiger partial charge is 0.236 e. The van der Waals surface area contributed by atoms with Gasteiger partial charge in [-0.15, -0.1) is 0 Å². The third-order valence-corrected chi connectivity index (χ3v) is 2.96. The molecule has 0 saturated carbocycles. The van der Waals surface area contributed by atoms with E-state index in [0.29, 0.717) is 11.1 Å². The zero-order chi connectivity index (χ0) is 14.4. The number of hydrogen-bond acceptors (Lipinski definition) is 2. The van der Waals surface area contributed by atoms with Crippen LogP contribution in [0.2, 0.25) is 0 Å². The molecule has 0 spiro atoms. The molecule has 0 unspecified atom stereocenters. The molecule has 0 heterocycles. The topological polar surface area (TPSA) is 40.9 Å². The summed E-state index contributed by atoms with van der Waals surface area (Å²) in [4.78, 5) is 11.9. The molecule has 0 amide bonds. The zero-order valence-electron chi connectivity index (χ0n) is 11.2. The van der Waals surface area contributed by atoms with Crippen molar-refractivity contribution in [2.75, 3.05) is 0 Å². The van der Waals surface area contributed by atoms with Crippen LogP contribution in [0, 0.1) is 23.2 Å². The van der Waals surface area contributed by atoms with Crippen molar-refractivity contribution in [2.24, 2.45) is 0 Å². The Balaban J connectivity index is 2.14. The summed E-state index contributed by atoms with van der Waals surface area (Å²) in [6, 6.07) is 16.4. The number of benzene rings is 2. The van der Waals surface area contributed by atoms with E-state index in [4.69, 9.17) is 5.26 Å². The molecular formula is C18H13NO. The average molecular weight is 259 g/mol. The van der Waals surface area contributed by atoms with Crippen LogP contribution >= 0.6 is 0 Å². The van der Waals surface area contributed by atoms with E-state index in [9.17, 15) is 4.79 Å². The fraction of sp³-hybridized carbons (Fsp3) is 0.111. The van der Waals surface area contributed by atoms with E-state index < -0.39 is 0 Å². The van der Waals surface area contributed by atoms with Gasteiger partial charge in [0.05, 0.1) is 11.6 Å². The van der Waals surface area contributed by atoms with Crippen LogP contribution in [-0.4, -0.2) is 5.78 Å². The summed E-state index contributed by atoms with van der Waals surface area (Å²) >= 11 is 0. The summed E-state index contributed by atoms with van der Waals surface area (Å²) in [5, 5.41) is 8.70. The lowest BCUT2D eigenvalue weighted by Gasteiger charge is -1.97. The first kappa shape index (κ1) is 13.6. The van der Waals surface area contributed by atoms with E-state index in [1.54, 1.807) is 36.4 Å². The molecule has 0 atom stereocenters. The summed E-state index contributed by atoms with van der Waals surface area (Å²) in [6.45, 7) is 2.07. The Morgan fingerprint density at radius 2 is 1.60 bits per heavy atom. The maximum absolute atomic E-state index is 11.9. The minimum Gasteiger partial charge on any atom is -0.279 e. The van der Waals surface area contributed by atoms with Gasteiger partial charge in [-0.2, -0.15) is 5.26 Å². The van der Waals surface area contributed by atoms with Gasteiger partial charge in [0.1, 0.15) is 0 Å². The van der Waals surface area contributed by atoms with Crippen molar-refractivity contribution in [3.05, 3.63) is 70.8 Å². The van der Waals surface area contributed by atoms with Gasteiger partial charge in [-0.25, -0.2) is 0 Å². The fourth-order valence-corrected chi connectivity index (χ4v) is 1.72. The number of carbonyl (C=O) groups excluding carboxylic acids is 1. The van der Waals surface area contributed by atoms with E-state index in [2.05, 4.69) is 18.8 Å². The predicted octanol–water partition coefficient (Wildman–Crippen LogP) is 3.36. The van der Waals surface area contributed by atoms with Gasteiger partial charge in [0.25, 0.3) is 0 Å². The second kappa shape index (κ2) is 6.36. The van der Waals surface area contributed by atoms with Crippen molar-refractivity contribution >= 4 is 5.78 Å². The van der Waals surface area contributed by atoms with Crippen molar-refractivity contribution < 1.29 is 4.79 Å². The SMILES string of the molecule is CCc1ccc(C(=O)C#Cc2ccc(C#N)cc2)cc1. The standard InChI is InChI=1S/C18H13NO/c1-2-14-7-10-17(11-8-14)18(20)12-9-15-3-5-16(13-19)6-4-15/h3-8,10-11H,2H2,1H3. The first-order valence-corrected chi connectivity index (χ1v) is 6.38. The Labute approximate surface area is 118 Å². The molecule has 2 heteroatoms. The van der Waals surface area contributed by atoms with Gasteiger partial charge >= 0.3 is 0 Å². The Morgan fingerprint density at radius 1 is 1.00 bits per heavy atom. The van der Waals surface area contributed by atoms with Crippen LogP contribution in [0.1, 0.15) is 34.0 Å². The molecule has 96 valence electrons. The molecule has 0 bridgehead atoms. The average Bonchev–Trinajstić information content (AvgIpc) is 2.53. The van der Waals surface area contributed by atoms with Crippen molar-refractivity contribution in [3.8, 4) is 17.9 Å². The van der Waals surface area contributed by atoms with Crippen LogP contribution in [-0.2, 0) is 6.42 Å². The van der Waals surface area contributed by atoms with Crippen molar-refractivity contribution in [3.63, 3.8) is 0 Å². The Morgan fingerprint density at radius 3 is 2.15 bits per heavy atom. The second-order valence-electron chi connectivity index (χ2n) is 4.32. The zero-order valence-corrected chi connectivity index (χ0v) is 11.2. The highest BCUT2D eigenvalue weighted by Gasteiger charge is 2.01. The van der Waals surface area contributed by atoms with Crippen LogP contribution in [0.3, 0.4) is 0 Å². The van der Waals surface area contributed by atoms with Gasteiger partial charge in [-0.3, -0.25) is 4.79 Å². The van der Waals surface area contributed by atoms with Crippen molar-refractivity contribution in [1.82, 2.24) is 0 Å². The van der Waals surface area contributed by atoms with Gasteiger partial charge < -0.3 is 0 Å². The summed E-state index contributed by atoms with van der Waals surface area (Å²) < 4.78 is 0. The summed E-state index contributed by atoms with van der Waals surface area (Å²) in [6.07, 6.45) is 0.950. The van der Waals surface area contributed by atoms with Gasteiger partial charge in [0, 0.05) is 11.1 Å². The van der Waals surface area contributed by atoms with Crippen LogP contribution < -0.4 is 0 Å². The van der Waals surface area contributed by atoms with Crippen molar-refractivity contribution in [2.45, 2.75) is 13.3 Å². The predicted molar refractivity (Wildman–Crippen MR) is 78.2 cm³/mol. The minimum atomic E-state index is -0.197. The molecule has 0 aromatic heterocycles. The lowest BCUT2D eigenvalue weighted by atomic mass is 10.1. The molecule has 0 radical (unpaired) electrons.